The first kappa shape index (κ1) is 26.2. The van der Waals surface area contributed by atoms with Gasteiger partial charge in [0.15, 0.2) is 0 Å². The lowest BCUT2D eigenvalue weighted by Crippen LogP contribution is -2.37. The van der Waals surface area contributed by atoms with Gasteiger partial charge in [-0.1, -0.05) is 54.6 Å². The van der Waals surface area contributed by atoms with Gasteiger partial charge in [0.1, 0.15) is 23.8 Å². The second-order valence-corrected chi connectivity index (χ2v) is 8.53. The van der Waals surface area contributed by atoms with Crippen molar-refractivity contribution in [3.05, 3.63) is 108 Å². The fourth-order valence-corrected chi connectivity index (χ4v) is 3.74. The summed E-state index contributed by atoms with van der Waals surface area (Å²) in [5, 5.41) is 9.28. The molecule has 1 aromatic heterocycles. The van der Waals surface area contributed by atoms with E-state index < -0.39 is 18.6 Å². The topological polar surface area (TPSA) is 102 Å². The molecule has 0 aliphatic rings. The molecule has 1 heterocycles. The number of rotatable bonds is 10. The van der Waals surface area contributed by atoms with Gasteiger partial charge in [-0.2, -0.15) is 0 Å². The van der Waals surface area contributed by atoms with Crippen LogP contribution < -0.4 is 9.47 Å². The lowest BCUT2D eigenvalue weighted by Gasteiger charge is -2.20. The summed E-state index contributed by atoms with van der Waals surface area (Å²) in [4.78, 5) is 29.8. The maximum atomic E-state index is 12.7. The predicted octanol–water partition coefficient (Wildman–Crippen LogP) is 6.00. The van der Waals surface area contributed by atoms with Crippen LogP contribution in [0.25, 0.3) is 17.5 Å². The summed E-state index contributed by atoms with van der Waals surface area (Å²) in [5.74, 6) is 1.17. The van der Waals surface area contributed by atoms with E-state index in [-0.39, 0.29) is 6.54 Å². The van der Waals surface area contributed by atoms with Crippen LogP contribution in [0.1, 0.15) is 22.6 Å². The Hall–Kier alpha value is -4.85. The van der Waals surface area contributed by atoms with E-state index >= 15 is 0 Å². The Labute approximate surface area is 220 Å². The first-order valence-electron chi connectivity index (χ1n) is 12.0. The number of aliphatic carboxylic acids is 1. The van der Waals surface area contributed by atoms with Crippen LogP contribution >= 0.6 is 0 Å². The largest absolute Gasteiger partial charge is 0.497 e. The zero-order valence-corrected chi connectivity index (χ0v) is 21.2. The number of hydrogen-bond acceptors (Lipinski definition) is 6. The number of allylic oxidation sites excluding steroid dienone is 1. The number of hydrogen-bond donors (Lipinski definition) is 1. The summed E-state index contributed by atoms with van der Waals surface area (Å²) in [6.07, 6.45) is 3.86. The maximum Gasteiger partial charge on any atom is 0.416 e. The number of oxazole rings is 1. The fraction of sp³-hybridized carbons (Fsp3) is 0.167. The predicted molar refractivity (Wildman–Crippen MR) is 143 cm³/mol. The minimum Gasteiger partial charge on any atom is -0.497 e. The van der Waals surface area contributed by atoms with E-state index in [2.05, 4.69) is 4.98 Å². The molecule has 1 amide bonds. The van der Waals surface area contributed by atoms with E-state index in [0.717, 1.165) is 33.0 Å². The van der Waals surface area contributed by atoms with E-state index in [9.17, 15) is 14.7 Å². The highest BCUT2D eigenvalue weighted by Gasteiger charge is 2.19. The first-order valence-corrected chi connectivity index (χ1v) is 12.0. The molecule has 0 unspecified atom stereocenters. The Bertz CT molecular complexity index is 1390. The van der Waals surface area contributed by atoms with Crippen molar-refractivity contribution in [1.29, 1.82) is 0 Å². The summed E-state index contributed by atoms with van der Waals surface area (Å²) < 4.78 is 16.3. The SMILES string of the molecule is COc1ccc(OC(=O)N(CC(=O)O)Cc2ccc(/C=C/Cc3nc(-c4ccccc4)oc3C)cc2)cc1. The van der Waals surface area contributed by atoms with Crippen LogP contribution in [0.3, 0.4) is 0 Å². The number of ether oxygens (including phenoxy) is 2. The third-order valence-electron chi connectivity index (χ3n) is 5.74. The molecule has 0 fully saturated rings. The smallest absolute Gasteiger partial charge is 0.416 e. The standard InChI is InChI=1S/C30H28N2O6/c1-21-27(31-29(37-21)24-8-4-3-5-9-24)10-6-7-22-11-13-23(14-12-22)19-32(20-28(33)34)30(35)38-26-17-15-25(36-2)16-18-26/h3-9,11-18H,10,19-20H2,1-2H3,(H,33,34)/b7-6+. The van der Waals surface area contributed by atoms with Gasteiger partial charge in [-0.05, 0) is 54.4 Å². The van der Waals surface area contributed by atoms with E-state index in [4.69, 9.17) is 13.9 Å². The van der Waals surface area contributed by atoms with Crippen LogP contribution in [0.2, 0.25) is 0 Å². The number of amides is 1. The molecule has 0 saturated carbocycles. The monoisotopic (exact) mass is 512 g/mol. The summed E-state index contributed by atoms with van der Waals surface area (Å²) in [6, 6.07) is 23.8. The van der Waals surface area contributed by atoms with E-state index in [1.165, 1.54) is 7.11 Å². The first-order chi connectivity index (χ1) is 18.4. The number of carboxylic acids is 1. The molecule has 0 radical (unpaired) electrons. The van der Waals surface area contributed by atoms with Crippen molar-refractivity contribution in [3.8, 4) is 23.0 Å². The normalized spacial score (nSPS) is 10.9. The molecule has 0 atom stereocenters. The summed E-state index contributed by atoms with van der Waals surface area (Å²) in [6.45, 7) is 1.50. The Morgan fingerprint density at radius 2 is 1.66 bits per heavy atom. The highest BCUT2D eigenvalue weighted by molar-refractivity contribution is 5.78. The molecule has 38 heavy (non-hydrogen) atoms. The van der Waals surface area contributed by atoms with Gasteiger partial charge in [-0.25, -0.2) is 9.78 Å². The zero-order valence-electron chi connectivity index (χ0n) is 21.2. The van der Waals surface area contributed by atoms with Gasteiger partial charge < -0.3 is 19.0 Å². The molecule has 0 bridgehead atoms. The average Bonchev–Trinajstić information content (AvgIpc) is 3.30. The highest BCUT2D eigenvalue weighted by atomic mass is 16.6. The van der Waals surface area contributed by atoms with Crippen molar-refractivity contribution in [2.75, 3.05) is 13.7 Å². The number of methoxy groups -OCH3 is 1. The van der Waals surface area contributed by atoms with E-state index in [0.29, 0.717) is 23.8 Å². The molecular weight excluding hydrogens is 484 g/mol. The van der Waals surface area contributed by atoms with Gasteiger partial charge >= 0.3 is 12.1 Å². The molecule has 4 rings (SSSR count). The number of carbonyl (C=O) groups excluding carboxylic acids is 1. The minimum absolute atomic E-state index is 0.0890. The van der Waals surface area contributed by atoms with Gasteiger partial charge in [-0.3, -0.25) is 9.69 Å². The van der Waals surface area contributed by atoms with Gasteiger partial charge in [-0.15, -0.1) is 0 Å². The Morgan fingerprint density at radius 3 is 2.32 bits per heavy atom. The lowest BCUT2D eigenvalue weighted by atomic mass is 10.1. The quantitative estimate of drug-likeness (QED) is 0.278. The highest BCUT2D eigenvalue weighted by Crippen LogP contribution is 2.22. The number of nitrogens with zero attached hydrogens (tertiary/aromatic N) is 2. The third kappa shape index (κ3) is 7.10. The van der Waals surface area contributed by atoms with Crippen molar-refractivity contribution >= 4 is 18.1 Å². The van der Waals surface area contributed by atoms with Crippen LogP contribution in [0, 0.1) is 6.92 Å². The van der Waals surface area contributed by atoms with Crippen LogP contribution in [-0.2, 0) is 17.8 Å². The number of aryl methyl sites for hydroxylation is 1. The fourth-order valence-electron chi connectivity index (χ4n) is 3.74. The Kier molecular flexibility index (Phi) is 8.56. The number of benzene rings is 3. The summed E-state index contributed by atoms with van der Waals surface area (Å²) >= 11 is 0. The summed E-state index contributed by atoms with van der Waals surface area (Å²) in [7, 11) is 1.54. The Morgan fingerprint density at radius 1 is 0.974 bits per heavy atom. The molecule has 194 valence electrons. The number of carboxylic acid groups (broad SMARTS) is 1. The van der Waals surface area contributed by atoms with Crippen LogP contribution in [0.4, 0.5) is 4.79 Å². The molecule has 0 saturated heterocycles. The maximum absolute atomic E-state index is 12.7. The third-order valence-corrected chi connectivity index (χ3v) is 5.74. The van der Waals surface area contributed by atoms with Crippen LogP contribution in [-0.4, -0.2) is 40.7 Å². The van der Waals surface area contributed by atoms with E-state index in [1.54, 1.807) is 24.3 Å². The molecule has 0 aliphatic carbocycles. The van der Waals surface area contributed by atoms with Gasteiger partial charge in [0.2, 0.25) is 5.89 Å². The van der Waals surface area contributed by atoms with Crippen LogP contribution in [0.5, 0.6) is 11.5 Å². The van der Waals surface area contributed by atoms with E-state index in [1.807, 2.05) is 73.7 Å². The summed E-state index contributed by atoms with van der Waals surface area (Å²) in [5.41, 5.74) is 3.54. The lowest BCUT2D eigenvalue weighted by molar-refractivity contribution is -0.138. The van der Waals surface area contributed by atoms with Crippen molar-refractivity contribution in [2.45, 2.75) is 19.9 Å². The van der Waals surface area contributed by atoms with Crippen molar-refractivity contribution < 1.29 is 28.6 Å². The Balaban J connectivity index is 1.36. The second kappa shape index (κ2) is 12.4. The van der Waals surface area contributed by atoms with Gasteiger partial charge in [0, 0.05) is 18.5 Å². The van der Waals surface area contributed by atoms with Crippen molar-refractivity contribution in [1.82, 2.24) is 9.88 Å². The molecular formula is C30H28N2O6. The molecule has 8 nitrogen and oxygen atoms in total. The molecule has 0 spiro atoms. The molecule has 1 N–H and O–H groups in total. The average molecular weight is 513 g/mol. The number of carbonyl (C=O) groups is 2. The van der Waals surface area contributed by atoms with Gasteiger partial charge in [0.05, 0.1) is 12.8 Å². The van der Waals surface area contributed by atoms with Crippen LogP contribution in [0.15, 0.2) is 89.4 Å². The molecule has 0 aliphatic heterocycles. The number of aromatic nitrogens is 1. The second-order valence-electron chi connectivity index (χ2n) is 8.53. The van der Waals surface area contributed by atoms with Crippen molar-refractivity contribution in [3.63, 3.8) is 0 Å². The van der Waals surface area contributed by atoms with Gasteiger partial charge in [0.25, 0.3) is 0 Å². The molecule has 3 aromatic carbocycles. The molecule has 8 heteroatoms. The minimum atomic E-state index is -1.13. The molecule has 4 aromatic rings. The van der Waals surface area contributed by atoms with Crippen molar-refractivity contribution in [2.24, 2.45) is 0 Å². The zero-order chi connectivity index (χ0) is 26.9.